The van der Waals surface area contributed by atoms with Gasteiger partial charge in [0.1, 0.15) is 0 Å². The Morgan fingerprint density at radius 1 is 1.21 bits per heavy atom. The van der Waals surface area contributed by atoms with Gasteiger partial charge in [-0.05, 0) is 70.1 Å². The van der Waals surface area contributed by atoms with Gasteiger partial charge in [-0.2, -0.15) is 13.2 Å². The van der Waals surface area contributed by atoms with Crippen LogP contribution in [0.2, 0.25) is 0 Å². The zero-order valence-corrected chi connectivity index (χ0v) is 17.2. The summed E-state index contributed by atoms with van der Waals surface area (Å²) >= 11 is 0. The number of ether oxygens (including phenoxy) is 1. The molecule has 3 unspecified atom stereocenters. The minimum Gasteiger partial charge on any atom is -0.386 e. The van der Waals surface area contributed by atoms with Crippen LogP contribution in [0.15, 0.2) is 11.9 Å². The van der Waals surface area contributed by atoms with Crippen LogP contribution in [0.25, 0.3) is 0 Å². The Labute approximate surface area is 171 Å². The van der Waals surface area contributed by atoms with E-state index in [-0.39, 0.29) is 36.2 Å². The van der Waals surface area contributed by atoms with Gasteiger partial charge in [0.25, 0.3) is 0 Å². The Balaban J connectivity index is 1.18. The van der Waals surface area contributed by atoms with Crippen molar-refractivity contribution >= 4 is 5.91 Å². The molecule has 7 heteroatoms. The summed E-state index contributed by atoms with van der Waals surface area (Å²) in [5.74, 6) is -0.346. The Bertz CT molecular complexity index is 636. The van der Waals surface area contributed by atoms with Crippen LogP contribution in [-0.4, -0.2) is 30.8 Å². The molecule has 4 aliphatic rings. The zero-order chi connectivity index (χ0) is 20.6. The van der Waals surface area contributed by atoms with Crippen LogP contribution >= 0.6 is 0 Å². The van der Waals surface area contributed by atoms with Crippen molar-refractivity contribution in [1.82, 2.24) is 10.6 Å². The second-order valence-electron chi connectivity index (χ2n) is 9.85. The van der Waals surface area contributed by atoms with Gasteiger partial charge < -0.3 is 15.4 Å². The largest absolute Gasteiger partial charge is 0.391 e. The highest BCUT2D eigenvalue weighted by Gasteiger charge is 2.46. The molecule has 3 aliphatic carbocycles. The summed E-state index contributed by atoms with van der Waals surface area (Å²) in [6, 6.07) is 0.370. The van der Waals surface area contributed by atoms with E-state index in [2.05, 4.69) is 10.6 Å². The van der Waals surface area contributed by atoms with Gasteiger partial charge in [0.05, 0.1) is 12.0 Å². The predicted octanol–water partition coefficient (Wildman–Crippen LogP) is 4.66. The molecule has 0 aromatic carbocycles. The molecule has 29 heavy (non-hydrogen) atoms. The molecule has 3 atom stereocenters. The van der Waals surface area contributed by atoms with Crippen molar-refractivity contribution in [1.29, 1.82) is 0 Å². The lowest BCUT2D eigenvalue weighted by Crippen LogP contribution is -2.40. The molecule has 2 N–H and O–H groups in total. The van der Waals surface area contributed by atoms with E-state index in [1.807, 2.05) is 13.1 Å². The molecule has 3 fully saturated rings. The number of carbonyl (C=O) groups is 1. The van der Waals surface area contributed by atoms with Gasteiger partial charge in [-0.15, -0.1) is 0 Å². The van der Waals surface area contributed by atoms with Gasteiger partial charge in [0, 0.05) is 35.9 Å². The van der Waals surface area contributed by atoms with Crippen LogP contribution in [0.3, 0.4) is 0 Å². The highest BCUT2D eigenvalue weighted by Crippen LogP contribution is 2.46. The van der Waals surface area contributed by atoms with E-state index in [1.165, 1.54) is 0 Å². The standard InChI is InChI=1S/C22H33F3N2O2/c1-21(9-10-21)20(28)27-19-13-26-18-7-6-16(12-17(18)19)29-11-8-14-2-4-15(5-3-14)22(23,24)25/h13-18,26H,2-12H2,1H3,(H,27,28). The maximum absolute atomic E-state index is 12.8. The maximum Gasteiger partial charge on any atom is 0.391 e. The summed E-state index contributed by atoms with van der Waals surface area (Å²) < 4.78 is 44.5. The second-order valence-corrected chi connectivity index (χ2v) is 9.85. The summed E-state index contributed by atoms with van der Waals surface area (Å²) in [6.07, 6.45) is 5.60. The summed E-state index contributed by atoms with van der Waals surface area (Å²) in [4.78, 5) is 12.4. The number of fused-ring (bicyclic) bond motifs is 1. The number of alkyl halides is 3. The summed E-state index contributed by atoms with van der Waals surface area (Å²) in [6.45, 7) is 2.64. The third kappa shape index (κ3) is 4.92. The van der Waals surface area contributed by atoms with Crippen molar-refractivity contribution in [3.63, 3.8) is 0 Å². The summed E-state index contributed by atoms with van der Waals surface area (Å²) in [5, 5.41) is 6.54. The van der Waals surface area contributed by atoms with E-state index >= 15 is 0 Å². The minimum absolute atomic E-state index is 0.128. The molecule has 3 saturated carbocycles. The van der Waals surface area contributed by atoms with Gasteiger partial charge in [-0.3, -0.25) is 4.79 Å². The third-order valence-electron chi connectivity index (χ3n) is 7.65. The fourth-order valence-electron chi connectivity index (χ4n) is 5.14. The Morgan fingerprint density at radius 2 is 1.93 bits per heavy atom. The van der Waals surface area contributed by atoms with Crippen molar-refractivity contribution in [2.24, 2.45) is 23.2 Å². The highest BCUT2D eigenvalue weighted by molar-refractivity contribution is 5.86. The van der Waals surface area contributed by atoms with Crippen LogP contribution in [0.5, 0.6) is 0 Å². The normalized spacial score (nSPS) is 36.0. The molecule has 0 aromatic rings. The van der Waals surface area contributed by atoms with Gasteiger partial charge in [0.2, 0.25) is 5.91 Å². The van der Waals surface area contributed by atoms with Crippen molar-refractivity contribution < 1.29 is 22.7 Å². The molecular formula is C22H33F3N2O2. The number of hydrogen-bond donors (Lipinski definition) is 2. The van der Waals surface area contributed by atoms with Gasteiger partial charge in [0.15, 0.2) is 0 Å². The number of rotatable bonds is 6. The average molecular weight is 415 g/mol. The van der Waals surface area contributed by atoms with Crippen molar-refractivity contribution in [3.8, 4) is 0 Å². The number of carbonyl (C=O) groups excluding carboxylic acids is 1. The first kappa shape index (κ1) is 21.0. The third-order valence-corrected chi connectivity index (χ3v) is 7.65. The van der Waals surface area contributed by atoms with E-state index < -0.39 is 12.1 Å². The molecule has 0 saturated heterocycles. The van der Waals surface area contributed by atoms with Crippen molar-refractivity contribution in [2.75, 3.05) is 6.61 Å². The first-order chi connectivity index (χ1) is 13.7. The van der Waals surface area contributed by atoms with E-state index in [0.29, 0.717) is 31.4 Å². The van der Waals surface area contributed by atoms with Gasteiger partial charge in [-0.25, -0.2) is 0 Å². The van der Waals surface area contributed by atoms with E-state index in [0.717, 1.165) is 44.2 Å². The fourth-order valence-corrected chi connectivity index (χ4v) is 5.14. The van der Waals surface area contributed by atoms with Gasteiger partial charge >= 0.3 is 6.18 Å². The second kappa shape index (κ2) is 8.12. The first-order valence-electron chi connectivity index (χ1n) is 11.2. The molecule has 4 rings (SSSR count). The van der Waals surface area contributed by atoms with E-state index in [4.69, 9.17) is 4.74 Å². The molecule has 0 aromatic heterocycles. The van der Waals surface area contributed by atoms with Crippen molar-refractivity contribution in [2.45, 2.75) is 89.5 Å². The van der Waals surface area contributed by atoms with Crippen molar-refractivity contribution in [3.05, 3.63) is 11.9 Å². The predicted molar refractivity (Wildman–Crippen MR) is 104 cm³/mol. The molecule has 4 nitrogen and oxygen atoms in total. The number of amides is 1. The van der Waals surface area contributed by atoms with Crippen LogP contribution in [0, 0.1) is 23.2 Å². The molecule has 0 spiro atoms. The monoisotopic (exact) mass is 414 g/mol. The SMILES string of the molecule is CC1(C(=O)NC2=CNC3CCC(OCCC4CCC(C(F)(F)F)CC4)CC23)CC1. The Morgan fingerprint density at radius 3 is 2.59 bits per heavy atom. The quantitative estimate of drug-likeness (QED) is 0.665. The summed E-state index contributed by atoms with van der Waals surface area (Å²) in [5.41, 5.74) is 0.807. The topological polar surface area (TPSA) is 50.4 Å². The number of hydrogen-bond acceptors (Lipinski definition) is 3. The molecule has 0 bridgehead atoms. The summed E-state index contributed by atoms with van der Waals surface area (Å²) in [7, 11) is 0. The first-order valence-corrected chi connectivity index (χ1v) is 11.2. The molecule has 1 aliphatic heterocycles. The lowest BCUT2D eigenvalue weighted by molar-refractivity contribution is -0.184. The van der Waals surface area contributed by atoms with E-state index in [9.17, 15) is 18.0 Å². The van der Waals surface area contributed by atoms with Crippen LogP contribution in [-0.2, 0) is 9.53 Å². The molecule has 1 heterocycles. The molecule has 0 radical (unpaired) electrons. The highest BCUT2D eigenvalue weighted by atomic mass is 19.4. The number of nitrogens with one attached hydrogen (secondary N) is 2. The fraction of sp³-hybridized carbons (Fsp3) is 0.864. The lowest BCUT2D eigenvalue weighted by atomic mass is 9.80. The Hall–Kier alpha value is -1.24. The maximum atomic E-state index is 12.8. The smallest absolute Gasteiger partial charge is 0.386 e. The Kier molecular flexibility index (Phi) is 5.88. The lowest BCUT2D eigenvalue weighted by Gasteiger charge is -2.34. The molecule has 164 valence electrons. The zero-order valence-electron chi connectivity index (χ0n) is 17.2. The molecular weight excluding hydrogens is 381 g/mol. The van der Waals surface area contributed by atoms with Crippen LogP contribution < -0.4 is 10.6 Å². The van der Waals surface area contributed by atoms with Gasteiger partial charge in [-0.1, -0.05) is 6.92 Å². The van der Waals surface area contributed by atoms with E-state index in [1.54, 1.807) is 0 Å². The minimum atomic E-state index is -4.03. The number of halogens is 3. The van der Waals surface area contributed by atoms with Crippen LogP contribution in [0.1, 0.15) is 71.1 Å². The molecule has 1 amide bonds. The average Bonchev–Trinajstić information content (AvgIpc) is 3.32. The van der Waals surface area contributed by atoms with Crippen LogP contribution in [0.4, 0.5) is 13.2 Å².